The Morgan fingerprint density at radius 3 is 2.38 bits per heavy atom. The van der Waals surface area contributed by atoms with Gasteiger partial charge in [0.2, 0.25) is 0 Å². The monoisotopic (exact) mass is 298 g/mol. The second-order valence-corrected chi connectivity index (χ2v) is 5.74. The first kappa shape index (κ1) is 17.4. The van der Waals surface area contributed by atoms with E-state index in [0.29, 0.717) is 11.6 Å². The third-order valence-electron chi connectivity index (χ3n) is 3.28. The molecular weight excluding hydrogens is 277 g/mol. The van der Waals surface area contributed by atoms with Crippen LogP contribution in [0.3, 0.4) is 0 Å². The van der Waals surface area contributed by atoms with Crippen LogP contribution in [0.1, 0.15) is 51.2 Å². The van der Waals surface area contributed by atoms with Gasteiger partial charge in [0, 0.05) is 11.7 Å². The maximum Gasteiger partial charge on any atom is 0.417 e. The molecular formula is C16H21F3N2. The quantitative estimate of drug-likeness (QED) is 0.783. The number of hydrogen-bond acceptors (Lipinski definition) is 2. The summed E-state index contributed by atoms with van der Waals surface area (Å²) in [6.07, 6.45) is -1.35. The molecule has 0 amide bonds. The van der Waals surface area contributed by atoms with E-state index < -0.39 is 11.7 Å². The van der Waals surface area contributed by atoms with Gasteiger partial charge in [-0.2, -0.15) is 18.4 Å². The van der Waals surface area contributed by atoms with Gasteiger partial charge in [-0.25, -0.2) is 0 Å². The van der Waals surface area contributed by atoms with Crippen molar-refractivity contribution < 1.29 is 13.2 Å². The average molecular weight is 298 g/mol. The van der Waals surface area contributed by atoms with Crippen LogP contribution in [0, 0.1) is 17.2 Å². The number of hydrogen-bond donors (Lipinski definition) is 1. The van der Waals surface area contributed by atoms with E-state index in [9.17, 15) is 13.2 Å². The van der Waals surface area contributed by atoms with Crippen molar-refractivity contribution >= 4 is 5.69 Å². The fraction of sp³-hybridized carbons (Fsp3) is 0.562. The van der Waals surface area contributed by atoms with Gasteiger partial charge in [-0.1, -0.05) is 26.7 Å². The maximum absolute atomic E-state index is 12.7. The molecule has 1 N–H and O–H groups in total. The van der Waals surface area contributed by atoms with Gasteiger partial charge in [0.05, 0.1) is 17.2 Å². The summed E-state index contributed by atoms with van der Waals surface area (Å²) in [6, 6.07) is 5.38. The molecule has 0 saturated heterocycles. The van der Waals surface area contributed by atoms with E-state index in [4.69, 9.17) is 5.26 Å². The second-order valence-electron chi connectivity index (χ2n) is 5.74. The normalized spacial score (nSPS) is 13.0. The first-order valence-corrected chi connectivity index (χ1v) is 7.12. The summed E-state index contributed by atoms with van der Waals surface area (Å²) in [5.74, 6) is 0.647. The lowest BCUT2D eigenvalue weighted by Gasteiger charge is -2.17. The van der Waals surface area contributed by atoms with Crippen LogP contribution >= 0.6 is 0 Å². The van der Waals surface area contributed by atoms with Gasteiger partial charge in [-0.05, 0) is 37.5 Å². The van der Waals surface area contributed by atoms with Crippen molar-refractivity contribution in [2.45, 2.75) is 52.3 Å². The molecule has 0 spiro atoms. The highest BCUT2D eigenvalue weighted by molar-refractivity contribution is 5.54. The zero-order valence-corrected chi connectivity index (χ0v) is 12.6. The summed E-state index contributed by atoms with van der Waals surface area (Å²) in [5.41, 5.74) is -0.679. The summed E-state index contributed by atoms with van der Waals surface area (Å²) in [4.78, 5) is 0. The summed E-state index contributed by atoms with van der Waals surface area (Å²) in [6.45, 7) is 6.31. The van der Waals surface area contributed by atoms with Crippen molar-refractivity contribution in [2.75, 3.05) is 5.32 Å². The molecule has 1 rings (SSSR count). The Morgan fingerprint density at radius 1 is 1.19 bits per heavy atom. The first-order valence-electron chi connectivity index (χ1n) is 7.12. The number of nitrogens with zero attached hydrogens (tertiary/aromatic N) is 1. The van der Waals surface area contributed by atoms with Crippen LogP contribution in [0.4, 0.5) is 18.9 Å². The Hall–Kier alpha value is -1.70. The first-order chi connectivity index (χ1) is 9.74. The van der Waals surface area contributed by atoms with E-state index in [0.717, 1.165) is 25.3 Å². The van der Waals surface area contributed by atoms with Gasteiger partial charge >= 0.3 is 6.18 Å². The molecule has 21 heavy (non-hydrogen) atoms. The second kappa shape index (κ2) is 7.35. The molecule has 116 valence electrons. The van der Waals surface area contributed by atoms with Crippen LogP contribution in [0.5, 0.6) is 0 Å². The third kappa shape index (κ3) is 5.66. The summed E-state index contributed by atoms with van der Waals surface area (Å²) in [7, 11) is 0. The minimum atomic E-state index is -4.49. The molecule has 0 aromatic heterocycles. The molecule has 0 heterocycles. The van der Waals surface area contributed by atoms with Crippen LogP contribution in [0.25, 0.3) is 0 Å². The average Bonchev–Trinajstić information content (AvgIpc) is 2.36. The number of rotatable bonds is 6. The highest BCUT2D eigenvalue weighted by Gasteiger charge is 2.33. The van der Waals surface area contributed by atoms with E-state index in [1.54, 1.807) is 6.07 Å². The van der Waals surface area contributed by atoms with Crippen molar-refractivity contribution in [1.82, 2.24) is 0 Å². The van der Waals surface area contributed by atoms with Crippen molar-refractivity contribution in [3.63, 3.8) is 0 Å². The molecule has 0 aliphatic carbocycles. The van der Waals surface area contributed by atoms with Gasteiger partial charge < -0.3 is 5.32 Å². The molecule has 1 aromatic carbocycles. The topological polar surface area (TPSA) is 35.8 Å². The molecule has 1 atom stereocenters. The lowest BCUT2D eigenvalue weighted by molar-refractivity contribution is -0.137. The van der Waals surface area contributed by atoms with Crippen molar-refractivity contribution in [1.29, 1.82) is 5.26 Å². The highest BCUT2D eigenvalue weighted by Crippen LogP contribution is 2.33. The lowest BCUT2D eigenvalue weighted by atomic mass is 10.0. The standard InChI is InChI=1S/C16H21F3N2/c1-11(2)5-4-6-12(3)21-14-7-8-15(16(17,18)19)13(9-14)10-20/h7-9,11-12,21H,4-6H2,1-3H3. The van der Waals surface area contributed by atoms with Gasteiger partial charge in [0.1, 0.15) is 0 Å². The van der Waals surface area contributed by atoms with Crippen molar-refractivity contribution in [3.05, 3.63) is 29.3 Å². The smallest absolute Gasteiger partial charge is 0.383 e. The van der Waals surface area contributed by atoms with E-state index in [1.165, 1.54) is 12.1 Å². The molecule has 2 nitrogen and oxygen atoms in total. The molecule has 1 aromatic rings. The van der Waals surface area contributed by atoms with Crippen LogP contribution in [0.2, 0.25) is 0 Å². The van der Waals surface area contributed by atoms with Crippen LogP contribution < -0.4 is 5.32 Å². The Bertz CT molecular complexity index is 501. The lowest BCUT2D eigenvalue weighted by Crippen LogP contribution is -2.16. The molecule has 0 saturated carbocycles. The number of alkyl halides is 3. The number of nitrogens with one attached hydrogen (secondary N) is 1. The number of anilines is 1. The number of nitriles is 1. The van der Waals surface area contributed by atoms with E-state index in [2.05, 4.69) is 19.2 Å². The van der Waals surface area contributed by atoms with Gasteiger partial charge in [-0.3, -0.25) is 0 Å². The van der Waals surface area contributed by atoms with Crippen molar-refractivity contribution in [3.8, 4) is 6.07 Å². The maximum atomic E-state index is 12.7. The fourth-order valence-electron chi connectivity index (χ4n) is 2.16. The van der Waals surface area contributed by atoms with Gasteiger partial charge in [0.15, 0.2) is 0 Å². The molecule has 5 heteroatoms. The molecule has 0 aliphatic rings. The zero-order valence-electron chi connectivity index (χ0n) is 12.6. The molecule has 0 bridgehead atoms. The Kier molecular flexibility index (Phi) is 6.07. The van der Waals surface area contributed by atoms with Gasteiger partial charge in [-0.15, -0.1) is 0 Å². The zero-order chi connectivity index (χ0) is 16.0. The van der Waals surface area contributed by atoms with Crippen LogP contribution in [-0.2, 0) is 6.18 Å². The molecule has 0 aliphatic heterocycles. The SMILES string of the molecule is CC(C)CCCC(C)Nc1ccc(C(F)(F)F)c(C#N)c1. The van der Waals surface area contributed by atoms with Crippen LogP contribution in [0.15, 0.2) is 18.2 Å². The summed E-state index contributed by atoms with van der Waals surface area (Å²) >= 11 is 0. The molecule has 0 fully saturated rings. The Labute approximate surface area is 124 Å². The molecule has 0 radical (unpaired) electrons. The van der Waals surface area contributed by atoms with Crippen molar-refractivity contribution in [2.24, 2.45) is 5.92 Å². The van der Waals surface area contributed by atoms with Gasteiger partial charge in [0.25, 0.3) is 0 Å². The Balaban J connectivity index is 2.71. The fourth-order valence-corrected chi connectivity index (χ4v) is 2.16. The Morgan fingerprint density at radius 2 is 1.86 bits per heavy atom. The van der Waals surface area contributed by atoms with E-state index in [-0.39, 0.29) is 11.6 Å². The molecule has 1 unspecified atom stereocenters. The van der Waals surface area contributed by atoms with E-state index >= 15 is 0 Å². The number of halogens is 3. The minimum Gasteiger partial charge on any atom is -0.383 e. The minimum absolute atomic E-state index is 0.159. The summed E-state index contributed by atoms with van der Waals surface area (Å²) < 4.78 is 38.1. The highest BCUT2D eigenvalue weighted by atomic mass is 19.4. The van der Waals surface area contributed by atoms with E-state index in [1.807, 2.05) is 6.92 Å². The third-order valence-corrected chi connectivity index (χ3v) is 3.28. The number of benzene rings is 1. The van der Waals surface area contributed by atoms with Crippen LogP contribution in [-0.4, -0.2) is 6.04 Å². The summed E-state index contributed by atoms with van der Waals surface area (Å²) in [5, 5.41) is 12.0. The predicted molar refractivity (Wildman–Crippen MR) is 77.9 cm³/mol. The largest absolute Gasteiger partial charge is 0.417 e. The predicted octanol–water partition coefficient (Wildman–Crippen LogP) is 5.20.